The number of nitrogens with zero attached hydrogens (tertiary/aromatic N) is 1. The molecule has 0 amide bonds. The zero-order valence-corrected chi connectivity index (χ0v) is 13.4. The lowest BCUT2D eigenvalue weighted by Crippen LogP contribution is -2.30. The molecule has 114 valence electrons. The Morgan fingerprint density at radius 1 is 1.50 bits per heavy atom. The van der Waals surface area contributed by atoms with Gasteiger partial charge in [0.15, 0.2) is 0 Å². The van der Waals surface area contributed by atoms with Crippen molar-refractivity contribution in [1.29, 1.82) is 0 Å². The molecule has 2 rings (SSSR count). The van der Waals surface area contributed by atoms with Crippen molar-refractivity contribution in [3.05, 3.63) is 23.0 Å². The smallest absolute Gasteiger partial charge is 0.208 e. The maximum Gasteiger partial charge on any atom is 0.208 e. The average molecular weight is 300 g/mol. The first-order valence-electron chi connectivity index (χ1n) is 6.91. The van der Waals surface area contributed by atoms with E-state index >= 15 is 0 Å². The number of hydrogen-bond acceptors (Lipinski definition) is 3. The second-order valence-corrected chi connectivity index (χ2v) is 8.40. The van der Waals surface area contributed by atoms with Crippen molar-refractivity contribution in [2.24, 2.45) is 5.41 Å². The molecule has 1 aromatic rings. The predicted octanol–water partition coefficient (Wildman–Crippen LogP) is 1.35. The van der Waals surface area contributed by atoms with Crippen LogP contribution in [0.1, 0.15) is 43.3 Å². The lowest BCUT2D eigenvalue weighted by atomic mass is 9.75. The SMILES string of the molecule is Cc1cc2c(n1CCNS(C)(=O)=O)CC(C)(C)CC2O. The van der Waals surface area contributed by atoms with Crippen LogP contribution in [0.4, 0.5) is 0 Å². The first-order valence-corrected chi connectivity index (χ1v) is 8.80. The predicted molar refractivity (Wildman–Crippen MR) is 79.1 cm³/mol. The highest BCUT2D eigenvalue weighted by Crippen LogP contribution is 2.41. The molecule has 0 spiro atoms. The Morgan fingerprint density at radius 3 is 2.75 bits per heavy atom. The molecular formula is C14H24N2O3S. The molecule has 1 unspecified atom stereocenters. The summed E-state index contributed by atoms with van der Waals surface area (Å²) in [5.74, 6) is 0. The van der Waals surface area contributed by atoms with Gasteiger partial charge in [0.05, 0.1) is 12.4 Å². The highest BCUT2D eigenvalue weighted by Gasteiger charge is 2.33. The summed E-state index contributed by atoms with van der Waals surface area (Å²) in [4.78, 5) is 0. The van der Waals surface area contributed by atoms with Crippen LogP contribution in [0.15, 0.2) is 6.07 Å². The van der Waals surface area contributed by atoms with E-state index < -0.39 is 16.1 Å². The summed E-state index contributed by atoms with van der Waals surface area (Å²) in [6.07, 6.45) is 2.42. The van der Waals surface area contributed by atoms with Gasteiger partial charge < -0.3 is 9.67 Å². The van der Waals surface area contributed by atoms with Gasteiger partial charge in [-0.1, -0.05) is 13.8 Å². The third-order valence-electron chi connectivity index (χ3n) is 3.90. The number of aryl methyl sites for hydroxylation is 1. The fourth-order valence-corrected chi connectivity index (χ4v) is 3.52. The van der Waals surface area contributed by atoms with E-state index in [2.05, 4.69) is 23.1 Å². The third kappa shape index (κ3) is 3.42. The number of aliphatic hydroxyl groups is 1. The molecule has 0 fully saturated rings. The number of rotatable bonds is 4. The average Bonchev–Trinajstić information content (AvgIpc) is 2.54. The van der Waals surface area contributed by atoms with Gasteiger partial charge in [0.1, 0.15) is 0 Å². The number of nitrogens with one attached hydrogen (secondary N) is 1. The Bertz CT molecular complexity index is 602. The molecule has 0 aromatic carbocycles. The van der Waals surface area contributed by atoms with E-state index in [0.717, 1.165) is 36.0 Å². The Kier molecular flexibility index (Phi) is 4.01. The third-order valence-corrected chi connectivity index (χ3v) is 4.63. The summed E-state index contributed by atoms with van der Waals surface area (Å²) >= 11 is 0. The van der Waals surface area contributed by atoms with E-state index in [9.17, 15) is 13.5 Å². The van der Waals surface area contributed by atoms with E-state index in [1.807, 2.05) is 13.0 Å². The number of aliphatic hydroxyl groups excluding tert-OH is 1. The number of aromatic nitrogens is 1. The molecule has 2 N–H and O–H groups in total. The van der Waals surface area contributed by atoms with Gasteiger partial charge in [-0.2, -0.15) is 0 Å². The normalized spacial score (nSPS) is 21.8. The van der Waals surface area contributed by atoms with Crippen molar-refractivity contribution >= 4 is 10.0 Å². The van der Waals surface area contributed by atoms with Crippen molar-refractivity contribution in [3.63, 3.8) is 0 Å². The molecule has 1 aliphatic rings. The van der Waals surface area contributed by atoms with Crippen molar-refractivity contribution in [1.82, 2.24) is 9.29 Å². The Balaban J connectivity index is 2.23. The standard InChI is InChI=1S/C14H24N2O3S/c1-10-7-11-12(8-14(2,3)9-13(11)17)16(10)6-5-15-20(4,18)19/h7,13,15,17H,5-6,8-9H2,1-4H3. The summed E-state index contributed by atoms with van der Waals surface area (Å²) in [6, 6.07) is 2.02. The van der Waals surface area contributed by atoms with Crippen molar-refractivity contribution in [3.8, 4) is 0 Å². The Hall–Kier alpha value is -0.850. The van der Waals surface area contributed by atoms with Gasteiger partial charge >= 0.3 is 0 Å². The second kappa shape index (κ2) is 5.16. The summed E-state index contributed by atoms with van der Waals surface area (Å²) in [7, 11) is -3.16. The molecule has 0 radical (unpaired) electrons. The van der Waals surface area contributed by atoms with Gasteiger partial charge in [-0.05, 0) is 31.2 Å². The van der Waals surface area contributed by atoms with Crippen LogP contribution in [0, 0.1) is 12.3 Å². The molecule has 6 heteroatoms. The minimum absolute atomic E-state index is 0.0687. The van der Waals surface area contributed by atoms with Gasteiger partial charge in [-0.15, -0.1) is 0 Å². The van der Waals surface area contributed by atoms with Gasteiger partial charge in [0.2, 0.25) is 10.0 Å². The Morgan fingerprint density at radius 2 is 2.15 bits per heavy atom. The first kappa shape index (κ1) is 15.5. The number of fused-ring (bicyclic) bond motifs is 1. The molecule has 1 atom stereocenters. The topological polar surface area (TPSA) is 71.3 Å². The van der Waals surface area contributed by atoms with Crippen molar-refractivity contribution < 1.29 is 13.5 Å². The largest absolute Gasteiger partial charge is 0.388 e. The van der Waals surface area contributed by atoms with E-state index in [1.54, 1.807) is 0 Å². The van der Waals surface area contributed by atoms with E-state index in [0.29, 0.717) is 13.1 Å². The summed E-state index contributed by atoms with van der Waals surface area (Å²) in [6.45, 7) is 7.27. The fourth-order valence-electron chi connectivity index (χ4n) is 3.05. The monoisotopic (exact) mass is 300 g/mol. The van der Waals surface area contributed by atoms with Crippen molar-refractivity contribution in [2.45, 2.75) is 46.3 Å². The van der Waals surface area contributed by atoms with E-state index in [-0.39, 0.29) is 5.41 Å². The van der Waals surface area contributed by atoms with Gasteiger partial charge in [-0.3, -0.25) is 0 Å². The molecule has 1 aromatic heterocycles. The van der Waals surface area contributed by atoms with Crippen LogP contribution < -0.4 is 4.72 Å². The molecule has 0 bridgehead atoms. The maximum atomic E-state index is 11.1. The second-order valence-electron chi connectivity index (χ2n) is 6.57. The molecule has 5 nitrogen and oxygen atoms in total. The van der Waals surface area contributed by atoms with E-state index in [1.165, 1.54) is 0 Å². The fraction of sp³-hybridized carbons (Fsp3) is 0.714. The molecule has 0 saturated carbocycles. The highest BCUT2D eigenvalue weighted by atomic mass is 32.2. The van der Waals surface area contributed by atoms with Crippen LogP contribution in [0.5, 0.6) is 0 Å². The van der Waals surface area contributed by atoms with Gasteiger partial charge in [-0.25, -0.2) is 13.1 Å². The summed E-state index contributed by atoms with van der Waals surface area (Å²) < 4.78 is 26.9. The lowest BCUT2D eigenvalue weighted by molar-refractivity contribution is 0.0979. The molecule has 1 heterocycles. The van der Waals surface area contributed by atoms with Crippen LogP contribution in [0.2, 0.25) is 0 Å². The lowest BCUT2D eigenvalue weighted by Gasteiger charge is -2.34. The van der Waals surface area contributed by atoms with Crippen LogP contribution in [-0.4, -0.2) is 30.9 Å². The highest BCUT2D eigenvalue weighted by molar-refractivity contribution is 7.88. The molecule has 0 saturated heterocycles. The molecular weight excluding hydrogens is 276 g/mol. The Labute approximate surface area is 121 Å². The summed E-state index contributed by atoms with van der Waals surface area (Å²) in [5.41, 5.74) is 3.28. The van der Waals surface area contributed by atoms with Crippen LogP contribution >= 0.6 is 0 Å². The molecule has 20 heavy (non-hydrogen) atoms. The van der Waals surface area contributed by atoms with Crippen LogP contribution in [0.3, 0.4) is 0 Å². The maximum absolute atomic E-state index is 11.1. The van der Waals surface area contributed by atoms with Crippen LogP contribution in [0.25, 0.3) is 0 Å². The van der Waals surface area contributed by atoms with E-state index in [4.69, 9.17) is 0 Å². The minimum atomic E-state index is -3.16. The summed E-state index contributed by atoms with van der Waals surface area (Å²) in [5, 5.41) is 10.3. The minimum Gasteiger partial charge on any atom is -0.388 e. The number of hydrogen-bond donors (Lipinski definition) is 2. The van der Waals surface area contributed by atoms with Crippen LogP contribution in [-0.2, 0) is 23.0 Å². The molecule has 0 aliphatic heterocycles. The van der Waals surface area contributed by atoms with Crippen molar-refractivity contribution in [2.75, 3.05) is 12.8 Å². The quantitative estimate of drug-likeness (QED) is 0.882. The zero-order chi connectivity index (χ0) is 15.1. The van der Waals surface area contributed by atoms with Gasteiger partial charge in [0, 0.05) is 30.0 Å². The molecule has 1 aliphatic carbocycles. The zero-order valence-electron chi connectivity index (χ0n) is 12.6. The van der Waals surface area contributed by atoms with Gasteiger partial charge in [0.25, 0.3) is 0 Å². The first-order chi connectivity index (χ1) is 9.09. The number of sulfonamides is 1.